The Hall–Kier alpha value is -4.95. The maximum absolute atomic E-state index is 15.1. The summed E-state index contributed by atoms with van der Waals surface area (Å²) in [7, 11) is 0. The molecule has 2 aliphatic heterocycles. The van der Waals surface area contributed by atoms with Crippen LogP contribution >= 0.6 is 20.1 Å². The van der Waals surface area contributed by atoms with Gasteiger partial charge in [-0.25, -0.2) is 0 Å². The van der Waals surface area contributed by atoms with Gasteiger partial charge in [0.05, 0.1) is 11.1 Å². The number of hydrogen-bond donors (Lipinski definition) is 0. The molecular weight excluding hydrogens is 915 g/mol. The molecule has 4 aromatic carbocycles. The van der Waals surface area contributed by atoms with Crippen LogP contribution in [0.1, 0.15) is 90.0 Å². The molecule has 0 aliphatic carbocycles. The second kappa shape index (κ2) is 13.6. The van der Waals surface area contributed by atoms with Crippen LogP contribution in [0, 0.1) is 0 Å². The molecule has 4 amide bonds. The van der Waals surface area contributed by atoms with Gasteiger partial charge in [-0.15, -0.1) is 0 Å². The standard InChI is InChI=1S/C39H27F12IN2O4/c1-34(2,3)18-6-10-22(28(16-18)36(40,41)42)23-13-9-21(17-29(23)37(43,44)45)53-30(55)24-11-7-19(14-26(24)31(53)56)35(38(46,47)48,39(49,50)51)20-8-12-25-27(15-20)33(58)54(32(25)57)52(4)5/h6-17H,1-5H3. The second-order valence-corrected chi connectivity index (χ2v) is 19.6. The van der Waals surface area contributed by atoms with E-state index in [4.69, 9.17) is 0 Å². The van der Waals surface area contributed by atoms with Crippen LogP contribution in [0.3, 0.4) is 0 Å². The van der Waals surface area contributed by atoms with Gasteiger partial charge in [0.25, 0.3) is 0 Å². The Morgan fingerprint density at radius 2 is 0.828 bits per heavy atom. The van der Waals surface area contributed by atoms with Gasteiger partial charge < -0.3 is 0 Å². The van der Waals surface area contributed by atoms with E-state index < -0.39 is 141 Å². The number of rotatable bonds is 5. The molecule has 0 unspecified atom stereocenters. The second-order valence-electron chi connectivity index (χ2n) is 14.6. The summed E-state index contributed by atoms with van der Waals surface area (Å²) in [6, 6.07) is 6.30. The van der Waals surface area contributed by atoms with Gasteiger partial charge >= 0.3 is 213 Å². The Kier molecular flexibility index (Phi) is 9.96. The van der Waals surface area contributed by atoms with E-state index in [0.29, 0.717) is 42.5 Å². The van der Waals surface area contributed by atoms with Crippen molar-refractivity contribution in [1.29, 1.82) is 0 Å². The first-order chi connectivity index (χ1) is 26.4. The summed E-state index contributed by atoms with van der Waals surface area (Å²) in [5.41, 5.74) is -17.9. The van der Waals surface area contributed by atoms with Crippen LogP contribution < -0.4 is 4.90 Å². The van der Waals surface area contributed by atoms with Crippen molar-refractivity contribution in [2.45, 2.75) is 56.3 Å². The zero-order valence-corrected chi connectivity index (χ0v) is 32.5. The van der Waals surface area contributed by atoms with Crippen molar-refractivity contribution in [3.05, 3.63) is 123 Å². The van der Waals surface area contributed by atoms with E-state index in [2.05, 4.69) is 0 Å². The van der Waals surface area contributed by atoms with E-state index in [-0.39, 0.29) is 28.7 Å². The Balaban J connectivity index is 1.50. The van der Waals surface area contributed by atoms with Crippen LogP contribution in [0.4, 0.5) is 58.4 Å². The minimum absolute atomic E-state index is 0.0499. The molecule has 2 aliphatic rings. The zero-order valence-electron chi connectivity index (χ0n) is 30.4. The number of carbonyl (C=O) groups is 4. The molecule has 0 saturated heterocycles. The number of alkyl halides is 14. The fourth-order valence-electron chi connectivity index (χ4n) is 7.06. The molecule has 0 atom stereocenters. The van der Waals surface area contributed by atoms with Crippen molar-refractivity contribution in [1.82, 2.24) is 3.11 Å². The molecule has 4 aromatic rings. The van der Waals surface area contributed by atoms with Crippen molar-refractivity contribution in [2.75, 3.05) is 14.8 Å². The molecule has 0 fully saturated rings. The third-order valence-electron chi connectivity index (χ3n) is 9.83. The van der Waals surface area contributed by atoms with Crippen LogP contribution in [0.25, 0.3) is 11.1 Å². The Morgan fingerprint density at radius 3 is 1.28 bits per heavy atom. The summed E-state index contributed by atoms with van der Waals surface area (Å²) in [6.07, 6.45) is -23.1. The van der Waals surface area contributed by atoms with Crippen molar-refractivity contribution in [3.8, 4) is 11.1 Å². The first kappa shape index (κ1) is 42.7. The average molecular weight is 943 g/mol. The van der Waals surface area contributed by atoms with Crippen LogP contribution in [0.2, 0.25) is 0 Å². The molecule has 308 valence electrons. The number of fused-ring (bicyclic) bond motifs is 2. The van der Waals surface area contributed by atoms with E-state index in [9.17, 15) is 45.5 Å². The molecule has 6 nitrogen and oxygen atoms in total. The summed E-state index contributed by atoms with van der Waals surface area (Å²) < 4.78 is 178. The molecule has 0 aromatic heterocycles. The number of nitrogens with zero attached hydrogens (tertiary/aromatic N) is 2. The average Bonchev–Trinajstić information content (AvgIpc) is 3.48. The third-order valence-corrected chi connectivity index (χ3v) is 12.6. The SMILES string of the molecule is CI(C)N1C(=O)c2ccc(C(c3ccc4c(c3)C(=O)N(c3ccc(-c5ccc(C(C)(C)C)cc5C(F)(F)F)c(C(F)(F)F)c3)C4=O)(C(F)(F)F)C(F)(F)F)cc2C1=O. The Bertz CT molecular complexity index is 2410. The zero-order chi connectivity index (χ0) is 43.5. The molecule has 19 heteroatoms. The van der Waals surface area contributed by atoms with Crippen LogP contribution in [-0.2, 0) is 23.2 Å². The molecule has 0 bridgehead atoms. The predicted molar refractivity (Wildman–Crippen MR) is 194 cm³/mol. The molecule has 0 radical (unpaired) electrons. The molecule has 0 saturated carbocycles. The summed E-state index contributed by atoms with van der Waals surface area (Å²) in [6.45, 7) is 4.74. The minimum atomic E-state index is -6.27. The van der Waals surface area contributed by atoms with Gasteiger partial charge in [0.15, 0.2) is 0 Å². The summed E-state index contributed by atoms with van der Waals surface area (Å²) in [5.74, 6) is -5.09. The van der Waals surface area contributed by atoms with E-state index in [0.717, 1.165) is 9.18 Å². The number of anilines is 1. The first-order valence-corrected chi connectivity index (χ1v) is 21.9. The number of imide groups is 2. The molecule has 0 N–H and O–H groups in total. The van der Waals surface area contributed by atoms with Crippen LogP contribution in [0.5, 0.6) is 0 Å². The normalized spacial score (nSPS) is 15.7. The topological polar surface area (TPSA) is 74.8 Å². The van der Waals surface area contributed by atoms with Gasteiger partial charge in [0.2, 0.25) is 0 Å². The van der Waals surface area contributed by atoms with Crippen molar-refractivity contribution < 1.29 is 71.9 Å². The molecule has 58 heavy (non-hydrogen) atoms. The Labute approximate surface area is 328 Å². The third kappa shape index (κ3) is 6.61. The first-order valence-electron chi connectivity index (χ1n) is 16.6. The quantitative estimate of drug-likeness (QED) is 0.0657. The van der Waals surface area contributed by atoms with Crippen molar-refractivity contribution in [3.63, 3.8) is 0 Å². The van der Waals surface area contributed by atoms with E-state index in [1.807, 2.05) is 0 Å². The van der Waals surface area contributed by atoms with E-state index in [1.165, 1.54) is 6.07 Å². The number of carbonyl (C=O) groups excluding carboxylic acids is 4. The van der Waals surface area contributed by atoms with Gasteiger partial charge in [-0.05, 0) is 40.3 Å². The van der Waals surface area contributed by atoms with Crippen molar-refractivity contribution >= 4 is 49.4 Å². The van der Waals surface area contributed by atoms with E-state index >= 15 is 26.3 Å². The van der Waals surface area contributed by atoms with Crippen LogP contribution in [-0.4, -0.2) is 49.0 Å². The summed E-state index contributed by atoms with van der Waals surface area (Å²) in [5, 5.41) is 0. The molecular formula is C39H27F12IN2O4. The van der Waals surface area contributed by atoms with Gasteiger partial charge in [-0.1, -0.05) is 39.0 Å². The number of halogens is 13. The summed E-state index contributed by atoms with van der Waals surface area (Å²) in [4.78, 5) is 56.2. The van der Waals surface area contributed by atoms with Gasteiger partial charge in [-0.3, -0.25) is 0 Å². The fourth-order valence-corrected chi connectivity index (χ4v) is 9.34. The predicted octanol–water partition coefficient (Wildman–Crippen LogP) is 11.2. The van der Waals surface area contributed by atoms with Gasteiger partial charge in [-0.2, -0.15) is 26.3 Å². The number of hydrogen-bond acceptors (Lipinski definition) is 4. The van der Waals surface area contributed by atoms with Crippen LogP contribution in [0.15, 0.2) is 72.8 Å². The Morgan fingerprint density at radius 1 is 0.448 bits per heavy atom. The summed E-state index contributed by atoms with van der Waals surface area (Å²) >= 11 is -2.50. The van der Waals surface area contributed by atoms with Crippen molar-refractivity contribution in [2.24, 2.45) is 0 Å². The molecule has 6 rings (SSSR count). The number of benzene rings is 4. The number of amides is 4. The monoisotopic (exact) mass is 942 g/mol. The fraction of sp³-hybridized carbons (Fsp3) is 0.282. The van der Waals surface area contributed by atoms with Gasteiger partial charge in [0, 0.05) is 0 Å². The maximum atomic E-state index is 15.1. The molecule has 0 spiro atoms. The van der Waals surface area contributed by atoms with Gasteiger partial charge in [0.1, 0.15) is 0 Å². The van der Waals surface area contributed by atoms with E-state index in [1.54, 1.807) is 30.6 Å². The molecule has 2 heterocycles.